The van der Waals surface area contributed by atoms with Gasteiger partial charge >= 0.3 is 0 Å². The highest BCUT2D eigenvalue weighted by Gasteiger charge is 2.02. The third-order valence-electron chi connectivity index (χ3n) is 3.81. The van der Waals surface area contributed by atoms with Crippen molar-refractivity contribution in [1.82, 2.24) is 0 Å². The van der Waals surface area contributed by atoms with Crippen LogP contribution in [0.15, 0.2) is 78.9 Å². The van der Waals surface area contributed by atoms with E-state index in [0.29, 0.717) is 22.9 Å². The molecule has 3 aromatic rings. The molecule has 0 aliphatic heterocycles. The van der Waals surface area contributed by atoms with Crippen molar-refractivity contribution in [3.63, 3.8) is 0 Å². The topological polar surface area (TPSA) is 67.4 Å². The number of benzene rings is 3. The Kier molecular flexibility index (Phi) is 6.37. The minimum absolute atomic E-state index is 0.139. The summed E-state index contributed by atoms with van der Waals surface area (Å²) in [4.78, 5) is 23.1. The maximum absolute atomic E-state index is 13.2. The van der Waals surface area contributed by atoms with Crippen LogP contribution in [0.1, 0.15) is 12.5 Å². The van der Waals surface area contributed by atoms with Crippen molar-refractivity contribution in [1.29, 1.82) is 0 Å². The second-order valence-corrected chi connectivity index (χ2v) is 6.21. The minimum atomic E-state index is -0.372. The van der Waals surface area contributed by atoms with Gasteiger partial charge in [-0.2, -0.15) is 0 Å². The first-order valence-corrected chi connectivity index (χ1v) is 8.88. The Morgan fingerprint density at radius 1 is 0.862 bits per heavy atom. The van der Waals surface area contributed by atoms with Gasteiger partial charge in [-0.3, -0.25) is 9.59 Å². The van der Waals surface area contributed by atoms with Crippen LogP contribution in [0.2, 0.25) is 0 Å². The fourth-order valence-corrected chi connectivity index (χ4v) is 2.51. The molecule has 5 nitrogen and oxygen atoms in total. The molecule has 0 unspecified atom stereocenters. The van der Waals surface area contributed by atoms with Crippen LogP contribution in [-0.2, 0) is 9.59 Å². The van der Waals surface area contributed by atoms with Crippen LogP contribution in [0.5, 0.6) is 11.5 Å². The van der Waals surface area contributed by atoms with Crippen LogP contribution in [-0.4, -0.2) is 11.8 Å². The highest BCUT2D eigenvalue weighted by Crippen LogP contribution is 2.23. The summed E-state index contributed by atoms with van der Waals surface area (Å²) in [6.45, 7) is 1.44. The first-order chi connectivity index (χ1) is 14.0. The summed E-state index contributed by atoms with van der Waals surface area (Å²) >= 11 is 0. The average Bonchev–Trinajstić information content (AvgIpc) is 2.69. The molecule has 29 heavy (non-hydrogen) atoms. The van der Waals surface area contributed by atoms with E-state index >= 15 is 0 Å². The van der Waals surface area contributed by atoms with E-state index in [9.17, 15) is 14.0 Å². The molecule has 2 N–H and O–H groups in total. The SMILES string of the molecule is CC(=O)Nc1ccc(/C=C/C(=O)Nc2ccc(Oc3cccc(F)c3)cc2)cc1. The molecule has 0 aromatic heterocycles. The zero-order valence-electron chi connectivity index (χ0n) is 15.7. The summed E-state index contributed by atoms with van der Waals surface area (Å²) in [6.07, 6.45) is 3.10. The number of hydrogen-bond acceptors (Lipinski definition) is 3. The Morgan fingerprint density at radius 2 is 1.52 bits per heavy atom. The highest BCUT2D eigenvalue weighted by atomic mass is 19.1. The molecule has 6 heteroatoms. The molecule has 0 saturated heterocycles. The lowest BCUT2D eigenvalue weighted by atomic mass is 10.2. The summed E-state index contributed by atoms with van der Waals surface area (Å²) in [5.41, 5.74) is 2.12. The molecular weight excluding hydrogens is 371 g/mol. The van der Waals surface area contributed by atoms with E-state index in [0.717, 1.165) is 5.56 Å². The molecule has 0 radical (unpaired) electrons. The standard InChI is InChI=1S/C23H19FN2O3/c1-16(27)25-19-8-5-17(6-9-19)7-14-23(28)26-20-10-12-21(13-11-20)29-22-4-2-3-18(24)15-22/h2-15H,1H3,(H,25,27)(H,26,28)/b14-7+. The lowest BCUT2D eigenvalue weighted by Gasteiger charge is -2.07. The van der Waals surface area contributed by atoms with Crippen molar-refractivity contribution in [2.75, 3.05) is 10.6 Å². The number of halogens is 1. The minimum Gasteiger partial charge on any atom is -0.457 e. The molecule has 0 aliphatic rings. The van der Waals surface area contributed by atoms with Crippen molar-refractivity contribution in [3.8, 4) is 11.5 Å². The predicted molar refractivity (Wildman–Crippen MR) is 111 cm³/mol. The van der Waals surface area contributed by atoms with Crippen molar-refractivity contribution in [2.45, 2.75) is 6.92 Å². The number of anilines is 2. The van der Waals surface area contributed by atoms with E-state index in [-0.39, 0.29) is 17.6 Å². The summed E-state index contributed by atoms with van der Waals surface area (Å²) in [5.74, 6) is 0.135. The molecule has 0 saturated carbocycles. The Morgan fingerprint density at radius 3 is 2.17 bits per heavy atom. The maximum Gasteiger partial charge on any atom is 0.248 e. The van der Waals surface area contributed by atoms with E-state index in [1.165, 1.54) is 25.1 Å². The Balaban J connectivity index is 1.55. The van der Waals surface area contributed by atoms with Gasteiger partial charge in [-0.1, -0.05) is 18.2 Å². The van der Waals surface area contributed by atoms with Crippen LogP contribution in [0.25, 0.3) is 6.08 Å². The normalized spacial score (nSPS) is 10.6. The van der Waals surface area contributed by atoms with Crippen molar-refractivity contribution < 1.29 is 18.7 Å². The number of carbonyl (C=O) groups is 2. The third-order valence-corrected chi connectivity index (χ3v) is 3.81. The Bertz CT molecular complexity index is 1030. The fourth-order valence-electron chi connectivity index (χ4n) is 2.51. The van der Waals surface area contributed by atoms with Gasteiger partial charge < -0.3 is 15.4 Å². The van der Waals surface area contributed by atoms with Gasteiger partial charge in [-0.05, 0) is 60.2 Å². The zero-order valence-corrected chi connectivity index (χ0v) is 15.7. The smallest absolute Gasteiger partial charge is 0.248 e. The zero-order chi connectivity index (χ0) is 20.6. The van der Waals surface area contributed by atoms with Crippen molar-refractivity contribution >= 4 is 29.3 Å². The Hall–Kier alpha value is -3.93. The lowest BCUT2D eigenvalue weighted by molar-refractivity contribution is -0.114. The lowest BCUT2D eigenvalue weighted by Crippen LogP contribution is -2.07. The first kappa shape index (κ1) is 19.8. The monoisotopic (exact) mass is 390 g/mol. The second-order valence-electron chi connectivity index (χ2n) is 6.21. The van der Waals surface area contributed by atoms with Gasteiger partial charge in [0.05, 0.1) is 0 Å². The molecule has 3 rings (SSSR count). The number of rotatable bonds is 6. The van der Waals surface area contributed by atoms with E-state index in [2.05, 4.69) is 10.6 Å². The van der Waals surface area contributed by atoms with Gasteiger partial charge in [0.1, 0.15) is 17.3 Å². The van der Waals surface area contributed by atoms with Gasteiger partial charge in [-0.15, -0.1) is 0 Å². The number of ether oxygens (including phenoxy) is 1. The summed E-state index contributed by atoms with van der Waals surface area (Å²) in [7, 11) is 0. The predicted octanol–water partition coefficient (Wildman–Crippen LogP) is 5.23. The van der Waals surface area contributed by atoms with E-state index in [4.69, 9.17) is 4.74 Å². The third kappa shape index (κ3) is 6.32. The molecule has 0 spiro atoms. The molecule has 146 valence electrons. The average molecular weight is 390 g/mol. The Labute approximate surface area is 167 Å². The number of carbonyl (C=O) groups excluding carboxylic acids is 2. The number of hydrogen-bond donors (Lipinski definition) is 2. The highest BCUT2D eigenvalue weighted by molar-refractivity contribution is 6.02. The summed E-state index contributed by atoms with van der Waals surface area (Å²) in [5, 5.41) is 5.43. The quantitative estimate of drug-likeness (QED) is 0.567. The van der Waals surface area contributed by atoms with Gasteiger partial charge in [0.2, 0.25) is 11.8 Å². The molecule has 2 amide bonds. The van der Waals surface area contributed by atoms with Gasteiger partial charge in [0.15, 0.2) is 0 Å². The molecule has 0 aliphatic carbocycles. The van der Waals surface area contributed by atoms with Gasteiger partial charge in [0, 0.05) is 30.4 Å². The summed E-state index contributed by atoms with van der Waals surface area (Å²) in [6, 6.07) is 19.7. The summed E-state index contributed by atoms with van der Waals surface area (Å²) < 4.78 is 18.8. The van der Waals surface area contributed by atoms with Crippen LogP contribution in [0.3, 0.4) is 0 Å². The number of nitrogens with one attached hydrogen (secondary N) is 2. The molecule has 0 atom stereocenters. The second kappa shape index (κ2) is 9.32. The molecular formula is C23H19FN2O3. The van der Waals surface area contributed by atoms with E-state index in [1.807, 2.05) is 0 Å². The van der Waals surface area contributed by atoms with E-state index in [1.54, 1.807) is 66.7 Å². The van der Waals surface area contributed by atoms with Gasteiger partial charge in [-0.25, -0.2) is 4.39 Å². The van der Waals surface area contributed by atoms with Crippen molar-refractivity contribution in [2.24, 2.45) is 0 Å². The maximum atomic E-state index is 13.2. The van der Waals surface area contributed by atoms with Crippen LogP contribution in [0.4, 0.5) is 15.8 Å². The first-order valence-electron chi connectivity index (χ1n) is 8.88. The van der Waals surface area contributed by atoms with Crippen LogP contribution in [0, 0.1) is 5.82 Å². The van der Waals surface area contributed by atoms with Crippen molar-refractivity contribution in [3.05, 3.63) is 90.3 Å². The number of amides is 2. The van der Waals surface area contributed by atoms with E-state index < -0.39 is 0 Å². The van der Waals surface area contributed by atoms with Crippen LogP contribution >= 0.6 is 0 Å². The largest absolute Gasteiger partial charge is 0.457 e. The molecule has 3 aromatic carbocycles. The fraction of sp³-hybridized carbons (Fsp3) is 0.0435. The van der Waals surface area contributed by atoms with Crippen LogP contribution < -0.4 is 15.4 Å². The molecule has 0 fully saturated rings. The van der Waals surface area contributed by atoms with Gasteiger partial charge in [0.25, 0.3) is 0 Å². The molecule has 0 bridgehead atoms. The molecule has 0 heterocycles.